The number of carbonyl (C=O) groups is 1. The summed E-state index contributed by atoms with van der Waals surface area (Å²) in [6.07, 6.45) is 2.34. The number of H-pyrrole nitrogens is 1. The first-order valence-corrected chi connectivity index (χ1v) is 13.4. The maximum atomic E-state index is 12.8. The molecule has 0 saturated carbocycles. The SMILES string of the molecule is COC(=O)C(C)(C)c1cc(-n2c(=O)cc[nH]c2=O)cc(-c2ccc3cc(NS(C)(=O)=O)ccc3c2)c1OC. The van der Waals surface area contributed by atoms with Crippen LogP contribution < -0.4 is 20.7 Å². The summed E-state index contributed by atoms with van der Waals surface area (Å²) >= 11 is 0. The molecule has 3 aromatic carbocycles. The number of nitrogens with zero attached hydrogens (tertiary/aromatic N) is 1. The van der Waals surface area contributed by atoms with Crippen LogP contribution in [0.4, 0.5) is 5.69 Å². The Hall–Kier alpha value is -4.38. The molecule has 0 bridgehead atoms. The molecular weight excluding hydrogens is 510 g/mol. The first kappa shape index (κ1) is 26.7. The normalized spacial score (nSPS) is 11.8. The van der Waals surface area contributed by atoms with E-state index < -0.39 is 32.7 Å². The van der Waals surface area contributed by atoms with Gasteiger partial charge in [-0.2, -0.15) is 0 Å². The van der Waals surface area contributed by atoms with Crippen LogP contribution in [0.2, 0.25) is 0 Å². The number of sulfonamides is 1. The van der Waals surface area contributed by atoms with Crippen molar-refractivity contribution in [3.63, 3.8) is 0 Å². The molecule has 198 valence electrons. The van der Waals surface area contributed by atoms with Crippen LogP contribution in [-0.2, 0) is 25.0 Å². The number of aromatic amines is 1. The van der Waals surface area contributed by atoms with Gasteiger partial charge >= 0.3 is 11.7 Å². The molecule has 0 amide bonds. The van der Waals surface area contributed by atoms with Gasteiger partial charge in [-0.15, -0.1) is 0 Å². The Kier molecular flexibility index (Phi) is 6.90. The van der Waals surface area contributed by atoms with Gasteiger partial charge in [0.25, 0.3) is 5.56 Å². The number of esters is 1. The zero-order chi connectivity index (χ0) is 27.8. The second-order valence-corrected chi connectivity index (χ2v) is 11.0. The smallest absolute Gasteiger partial charge is 0.332 e. The van der Waals surface area contributed by atoms with Gasteiger partial charge in [-0.1, -0.05) is 18.2 Å². The van der Waals surface area contributed by atoms with Gasteiger partial charge in [0, 0.05) is 29.1 Å². The van der Waals surface area contributed by atoms with Gasteiger partial charge in [0.15, 0.2) is 0 Å². The number of aromatic nitrogens is 2. The number of fused-ring (bicyclic) bond motifs is 1. The molecule has 4 aromatic rings. The lowest BCUT2D eigenvalue weighted by Gasteiger charge is -2.27. The number of methoxy groups -OCH3 is 2. The third kappa shape index (κ3) is 5.05. The number of hydrogen-bond acceptors (Lipinski definition) is 7. The summed E-state index contributed by atoms with van der Waals surface area (Å²) in [6.45, 7) is 3.33. The molecule has 0 saturated heterocycles. The van der Waals surface area contributed by atoms with Gasteiger partial charge in [-0.05, 0) is 60.5 Å². The molecular formula is C27H27N3O7S. The van der Waals surface area contributed by atoms with Gasteiger partial charge in [-0.25, -0.2) is 17.8 Å². The number of ether oxygens (including phenoxy) is 2. The molecule has 10 nitrogen and oxygen atoms in total. The number of carbonyl (C=O) groups excluding carboxylic acids is 1. The van der Waals surface area contributed by atoms with Crippen molar-refractivity contribution < 1.29 is 22.7 Å². The van der Waals surface area contributed by atoms with Crippen molar-refractivity contribution in [2.45, 2.75) is 19.3 Å². The number of rotatable bonds is 7. The minimum atomic E-state index is -3.43. The first-order chi connectivity index (χ1) is 17.9. The minimum absolute atomic E-state index is 0.243. The van der Waals surface area contributed by atoms with Crippen molar-refractivity contribution in [1.82, 2.24) is 9.55 Å². The van der Waals surface area contributed by atoms with Crippen LogP contribution >= 0.6 is 0 Å². The van der Waals surface area contributed by atoms with Crippen LogP contribution in [0.5, 0.6) is 5.75 Å². The molecule has 1 aromatic heterocycles. The summed E-state index contributed by atoms with van der Waals surface area (Å²) in [5.41, 5.74) is -0.0727. The molecule has 0 radical (unpaired) electrons. The Morgan fingerprint density at radius 3 is 2.29 bits per heavy atom. The molecule has 38 heavy (non-hydrogen) atoms. The van der Waals surface area contributed by atoms with Gasteiger partial charge in [0.05, 0.1) is 31.6 Å². The van der Waals surface area contributed by atoms with Crippen LogP contribution in [0.1, 0.15) is 19.4 Å². The molecule has 0 fully saturated rings. The highest BCUT2D eigenvalue weighted by Gasteiger charge is 2.36. The molecule has 0 atom stereocenters. The molecule has 0 aliphatic heterocycles. The number of anilines is 1. The molecule has 0 aliphatic carbocycles. The van der Waals surface area contributed by atoms with E-state index in [1.54, 1.807) is 50.2 Å². The fourth-order valence-corrected chi connectivity index (χ4v) is 4.92. The van der Waals surface area contributed by atoms with E-state index in [9.17, 15) is 22.8 Å². The predicted molar refractivity (Wildman–Crippen MR) is 146 cm³/mol. The molecule has 4 rings (SSSR count). The van der Waals surface area contributed by atoms with Gasteiger partial charge in [-0.3, -0.25) is 14.3 Å². The predicted octanol–water partition coefficient (Wildman–Crippen LogP) is 3.18. The summed E-state index contributed by atoms with van der Waals surface area (Å²) in [4.78, 5) is 40.6. The van der Waals surface area contributed by atoms with E-state index in [1.807, 2.05) is 12.1 Å². The Morgan fingerprint density at radius 2 is 1.66 bits per heavy atom. The Labute approximate surface area is 218 Å². The van der Waals surface area contributed by atoms with Crippen LogP contribution in [0, 0.1) is 0 Å². The summed E-state index contributed by atoms with van der Waals surface area (Å²) in [6, 6.07) is 15.1. The van der Waals surface area contributed by atoms with E-state index in [1.165, 1.54) is 26.5 Å². The fraction of sp³-hybridized carbons (Fsp3) is 0.222. The van der Waals surface area contributed by atoms with Crippen LogP contribution in [-0.4, -0.2) is 44.4 Å². The molecule has 0 unspecified atom stereocenters. The lowest BCUT2D eigenvalue weighted by Crippen LogP contribution is -2.34. The highest BCUT2D eigenvalue weighted by Crippen LogP contribution is 2.42. The van der Waals surface area contributed by atoms with E-state index >= 15 is 0 Å². The average molecular weight is 538 g/mol. The van der Waals surface area contributed by atoms with E-state index in [4.69, 9.17) is 9.47 Å². The number of nitrogens with one attached hydrogen (secondary N) is 2. The average Bonchev–Trinajstić information content (AvgIpc) is 2.86. The summed E-state index contributed by atoms with van der Waals surface area (Å²) in [7, 11) is -0.678. The quantitative estimate of drug-likeness (QED) is 0.346. The standard InChI is InChI=1S/C27H27N3O7S/c1-27(2,25(32)37-4)22-15-20(30-23(31)10-11-28-26(30)33)14-21(24(22)36-3)18-7-6-17-13-19(29-38(5,34)35)9-8-16(17)12-18/h6-15,29H,1-5H3,(H,28,33). The molecule has 0 aliphatic rings. The molecule has 2 N–H and O–H groups in total. The fourth-order valence-electron chi connectivity index (χ4n) is 4.37. The van der Waals surface area contributed by atoms with Crippen molar-refractivity contribution in [2.75, 3.05) is 25.2 Å². The lowest BCUT2D eigenvalue weighted by atomic mass is 9.81. The zero-order valence-corrected chi connectivity index (χ0v) is 22.3. The van der Waals surface area contributed by atoms with E-state index in [2.05, 4.69) is 9.71 Å². The highest BCUT2D eigenvalue weighted by atomic mass is 32.2. The van der Waals surface area contributed by atoms with E-state index in [0.29, 0.717) is 28.1 Å². The van der Waals surface area contributed by atoms with Crippen LogP contribution in [0.3, 0.4) is 0 Å². The molecule has 1 heterocycles. The maximum absolute atomic E-state index is 12.8. The van der Waals surface area contributed by atoms with Crippen molar-refractivity contribution in [3.8, 4) is 22.6 Å². The van der Waals surface area contributed by atoms with Crippen molar-refractivity contribution in [1.29, 1.82) is 0 Å². The zero-order valence-electron chi connectivity index (χ0n) is 21.5. The number of hydrogen-bond donors (Lipinski definition) is 2. The van der Waals surface area contributed by atoms with Crippen LogP contribution in [0.15, 0.2) is 70.4 Å². The summed E-state index contributed by atoms with van der Waals surface area (Å²) < 4.78 is 37.5. The molecule has 11 heteroatoms. The monoisotopic (exact) mass is 537 g/mol. The highest BCUT2D eigenvalue weighted by molar-refractivity contribution is 7.92. The topological polar surface area (TPSA) is 137 Å². The Bertz CT molecular complexity index is 1760. The Morgan fingerprint density at radius 1 is 0.974 bits per heavy atom. The second-order valence-electron chi connectivity index (χ2n) is 9.30. The van der Waals surface area contributed by atoms with Gasteiger partial charge in [0.1, 0.15) is 5.75 Å². The van der Waals surface area contributed by atoms with Crippen LogP contribution in [0.25, 0.3) is 27.6 Å². The van der Waals surface area contributed by atoms with Crippen molar-refractivity contribution >= 4 is 32.5 Å². The lowest BCUT2D eigenvalue weighted by molar-refractivity contribution is -0.146. The Balaban J connectivity index is 2.01. The molecule has 0 spiro atoms. The van der Waals surface area contributed by atoms with E-state index in [-0.39, 0.29) is 5.69 Å². The van der Waals surface area contributed by atoms with Gasteiger partial charge < -0.3 is 14.5 Å². The van der Waals surface area contributed by atoms with E-state index in [0.717, 1.165) is 21.6 Å². The summed E-state index contributed by atoms with van der Waals surface area (Å²) in [5.74, 6) is -0.156. The third-order valence-corrected chi connectivity index (χ3v) is 6.82. The van der Waals surface area contributed by atoms with Crippen molar-refractivity contribution in [2.24, 2.45) is 0 Å². The third-order valence-electron chi connectivity index (χ3n) is 6.22. The maximum Gasteiger partial charge on any atom is 0.332 e. The van der Waals surface area contributed by atoms with Crippen molar-refractivity contribution in [3.05, 3.63) is 87.2 Å². The second kappa shape index (κ2) is 9.82. The number of benzene rings is 3. The largest absolute Gasteiger partial charge is 0.496 e. The minimum Gasteiger partial charge on any atom is -0.496 e. The summed E-state index contributed by atoms with van der Waals surface area (Å²) in [5, 5.41) is 1.58. The van der Waals surface area contributed by atoms with Gasteiger partial charge in [0.2, 0.25) is 10.0 Å². The first-order valence-electron chi connectivity index (χ1n) is 11.5.